The predicted octanol–water partition coefficient (Wildman–Crippen LogP) is 1.34. The zero-order valence-corrected chi connectivity index (χ0v) is 12.9. The van der Waals surface area contributed by atoms with E-state index in [4.69, 9.17) is 0 Å². The Kier molecular flexibility index (Phi) is 3.34. The van der Waals surface area contributed by atoms with Crippen LogP contribution < -0.4 is 0 Å². The first-order valence-electron chi connectivity index (χ1n) is 7.68. The van der Waals surface area contributed by atoms with Crippen LogP contribution in [0, 0.1) is 0 Å². The van der Waals surface area contributed by atoms with E-state index in [1.807, 2.05) is 23.1 Å². The summed E-state index contributed by atoms with van der Waals surface area (Å²) in [7, 11) is 2.08. The minimum absolute atomic E-state index is 0.0681. The van der Waals surface area contributed by atoms with E-state index >= 15 is 0 Å². The zero-order valence-electron chi connectivity index (χ0n) is 12.9. The maximum absolute atomic E-state index is 12.6. The van der Waals surface area contributed by atoms with Crippen LogP contribution in [0.2, 0.25) is 0 Å². The molecule has 3 aromatic heterocycles. The molecule has 0 bridgehead atoms. The number of rotatable bonds is 2. The molecule has 0 spiro atoms. The van der Waals surface area contributed by atoms with Gasteiger partial charge in [-0.25, -0.2) is 4.98 Å². The van der Waals surface area contributed by atoms with Crippen molar-refractivity contribution in [3.63, 3.8) is 0 Å². The molecule has 7 heteroatoms. The Balaban J connectivity index is 1.60. The second-order valence-corrected chi connectivity index (χ2v) is 5.87. The highest BCUT2D eigenvalue weighted by Gasteiger charge is 2.22. The molecule has 0 unspecified atom stereocenters. The fourth-order valence-electron chi connectivity index (χ4n) is 2.91. The first-order chi connectivity index (χ1) is 11.2. The summed E-state index contributed by atoms with van der Waals surface area (Å²) in [6, 6.07) is 5.70. The van der Waals surface area contributed by atoms with Crippen molar-refractivity contribution in [1.29, 1.82) is 0 Å². The largest absolute Gasteiger partial charge is 0.359 e. The van der Waals surface area contributed by atoms with E-state index in [9.17, 15) is 4.79 Å². The van der Waals surface area contributed by atoms with Crippen LogP contribution >= 0.6 is 0 Å². The third-order valence-corrected chi connectivity index (χ3v) is 4.31. The molecule has 23 heavy (non-hydrogen) atoms. The number of fused-ring (bicyclic) bond motifs is 1. The van der Waals surface area contributed by atoms with Gasteiger partial charge >= 0.3 is 0 Å². The average molecular weight is 310 g/mol. The van der Waals surface area contributed by atoms with Gasteiger partial charge in [-0.2, -0.15) is 5.10 Å². The number of likely N-dealkylation sites (N-methyl/N-ethyl adjacent to an activating group) is 1. The number of hydrogen-bond acceptors (Lipinski definition) is 4. The van der Waals surface area contributed by atoms with E-state index in [-0.39, 0.29) is 5.91 Å². The fraction of sp³-hybridized carbons (Fsp3) is 0.312. The summed E-state index contributed by atoms with van der Waals surface area (Å²) in [4.78, 5) is 24.1. The van der Waals surface area contributed by atoms with Gasteiger partial charge in [-0.15, -0.1) is 0 Å². The predicted molar refractivity (Wildman–Crippen MR) is 87.1 cm³/mol. The highest BCUT2D eigenvalue weighted by atomic mass is 16.2. The topological polar surface area (TPSA) is 80.9 Å². The van der Waals surface area contributed by atoms with Gasteiger partial charge < -0.3 is 14.8 Å². The first-order valence-corrected chi connectivity index (χ1v) is 7.68. The number of piperazine rings is 1. The highest BCUT2D eigenvalue weighted by Crippen LogP contribution is 2.25. The van der Waals surface area contributed by atoms with Gasteiger partial charge in [-0.05, 0) is 25.2 Å². The minimum Gasteiger partial charge on any atom is -0.359 e. The van der Waals surface area contributed by atoms with Crippen molar-refractivity contribution >= 4 is 16.9 Å². The normalized spacial score (nSPS) is 16.1. The van der Waals surface area contributed by atoms with Crippen molar-refractivity contribution in [3.8, 4) is 11.4 Å². The van der Waals surface area contributed by atoms with Crippen LogP contribution in [-0.2, 0) is 0 Å². The molecule has 0 aromatic carbocycles. The van der Waals surface area contributed by atoms with Crippen LogP contribution in [0.1, 0.15) is 10.4 Å². The standard InChI is InChI=1S/C16H18N6O/c1-21-5-7-22(8-6-21)16(23)11-9-13(18-10-11)14-12-3-2-4-17-15(12)20-19-14/h2-4,9-10,18H,5-8H2,1H3,(H,17,19,20). The van der Waals surface area contributed by atoms with Gasteiger partial charge in [0.1, 0.15) is 5.69 Å². The molecule has 4 rings (SSSR count). The number of carbonyl (C=O) groups excluding carboxylic acids is 1. The van der Waals surface area contributed by atoms with Gasteiger partial charge in [-0.3, -0.25) is 9.89 Å². The number of H-pyrrole nitrogens is 2. The third kappa shape index (κ3) is 2.49. The summed E-state index contributed by atoms with van der Waals surface area (Å²) in [6.07, 6.45) is 3.48. The monoisotopic (exact) mass is 310 g/mol. The highest BCUT2D eigenvalue weighted by molar-refractivity contribution is 5.97. The summed E-state index contributed by atoms with van der Waals surface area (Å²) in [5.74, 6) is 0.0681. The van der Waals surface area contributed by atoms with Crippen molar-refractivity contribution in [2.45, 2.75) is 0 Å². The second kappa shape index (κ2) is 5.51. The van der Waals surface area contributed by atoms with Crippen LogP contribution in [-0.4, -0.2) is 69.1 Å². The molecule has 7 nitrogen and oxygen atoms in total. The van der Waals surface area contributed by atoms with Crippen LogP contribution in [0.4, 0.5) is 0 Å². The number of pyridine rings is 1. The SMILES string of the molecule is CN1CCN(C(=O)c2c[nH]c(-c3n[nH]c4ncccc34)c2)CC1. The van der Waals surface area contributed by atoms with Gasteiger partial charge in [-0.1, -0.05) is 0 Å². The average Bonchev–Trinajstić information content (AvgIpc) is 3.21. The lowest BCUT2D eigenvalue weighted by Crippen LogP contribution is -2.47. The molecule has 2 N–H and O–H groups in total. The van der Waals surface area contributed by atoms with Crippen molar-refractivity contribution in [3.05, 3.63) is 36.2 Å². The lowest BCUT2D eigenvalue weighted by molar-refractivity contribution is 0.0664. The molecule has 118 valence electrons. The Morgan fingerprint density at radius 2 is 2.09 bits per heavy atom. The molecular weight excluding hydrogens is 292 g/mol. The lowest BCUT2D eigenvalue weighted by Gasteiger charge is -2.32. The van der Waals surface area contributed by atoms with Gasteiger partial charge in [0, 0.05) is 44.0 Å². The number of aromatic nitrogens is 4. The third-order valence-electron chi connectivity index (χ3n) is 4.31. The molecule has 0 radical (unpaired) electrons. The lowest BCUT2D eigenvalue weighted by atomic mass is 10.2. The Hall–Kier alpha value is -2.67. The van der Waals surface area contributed by atoms with Crippen LogP contribution in [0.25, 0.3) is 22.4 Å². The molecular formula is C16H18N6O. The van der Waals surface area contributed by atoms with Gasteiger partial charge in [0.2, 0.25) is 0 Å². The zero-order chi connectivity index (χ0) is 15.8. The fourth-order valence-corrected chi connectivity index (χ4v) is 2.91. The Morgan fingerprint density at radius 1 is 1.26 bits per heavy atom. The van der Waals surface area contributed by atoms with E-state index in [2.05, 4.69) is 32.1 Å². The number of nitrogens with zero attached hydrogens (tertiary/aromatic N) is 4. The number of nitrogens with one attached hydrogen (secondary N) is 2. The quantitative estimate of drug-likeness (QED) is 0.748. The Labute approximate surface area is 133 Å². The molecule has 1 saturated heterocycles. The van der Waals surface area contributed by atoms with Gasteiger partial charge in [0.15, 0.2) is 5.65 Å². The van der Waals surface area contributed by atoms with E-state index in [0.29, 0.717) is 5.56 Å². The molecule has 1 aliphatic rings. The molecule has 1 aliphatic heterocycles. The van der Waals surface area contributed by atoms with Crippen LogP contribution in [0.3, 0.4) is 0 Å². The number of carbonyl (C=O) groups is 1. The van der Waals surface area contributed by atoms with E-state index in [1.54, 1.807) is 12.4 Å². The maximum Gasteiger partial charge on any atom is 0.255 e. The summed E-state index contributed by atoms with van der Waals surface area (Å²) in [5, 5.41) is 8.16. The van der Waals surface area contributed by atoms with E-state index in [0.717, 1.165) is 48.6 Å². The number of aromatic amines is 2. The molecule has 1 amide bonds. The van der Waals surface area contributed by atoms with Crippen LogP contribution in [0.5, 0.6) is 0 Å². The van der Waals surface area contributed by atoms with Crippen LogP contribution in [0.15, 0.2) is 30.6 Å². The second-order valence-electron chi connectivity index (χ2n) is 5.87. The molecule has 0 aliphatic carbocycles. The molecule has 0 atom stereocenters. The molecule has 1 fully saturated rings. The van der Waals surface area contributed by atoms with Crippen molar-refractivity contribution in [2.24, 2.45) is 0 Å². The summed E-state index contributed by atoms with van der Waals surface area (Å²) >= 11 is 0. The minimum atomic E-state index is 0.0681. The molecule has 0 saturated carbocycles. The summed E-state index contributed by atoms with van der Waals surface area (Å²) < 4.78 is 0. The van der Waals surface area contributed by atoms with Gasteiger partial charge in [0.25, 0.3) is 5.91 Å². The summed E-state index contributed by atoms with van der Waals surface area (Å²) in [5.41, 5.74) is 3.01. The van der Waals surface area contributed by atoms with Crippen molar-refractivity contribution in [1.82, 2.24) is 30.0 Å². The first kappa shape index (κ1) is 14.0. The number of amides is 1. The smallest absolute Gasteiger partial charge is 0.255 e. The van der Waals surface area contributed by atoms with Crippen molar-refractivity contribution in [2.75, 3.05) is 33.2 Å². The Bertz CT molecular complexity index is 843. The van der Waals surface area contributed by atoms with Crippen molar-refractivity contribution < 1.29 is 4.79 Å². The van der Waals surface area contributed by atoms with E-state index < -0.39 is 0 Å². The molecule has 4 heterocycles. The summed E-state index contributed by atoms with van der Waals surface area (Å²) in [6.45, 7) is 3.37. The maximum atomic E-state index is 12.6. The van der Waals surface area contributed by atoms with E-state index in [1.165, 1.54) is 0 Å². The van der Waals surface area contributed by atoms with Gasteiger partial charge in [0.05, 0.1) is 11.3 Å². The molecule has 3 aromatic rings. The number of hydrogen-bond donors (Lipinski definition) is 2. The Morgan fingerprint density at radius 3 is 2.91 bits per heavy atom.